The Kier molecular flexibility index (Phi) is 4.51. The van der Waals surface area contributed by atoms with E-state index in [4.69, 9.17) is 9.47 Å². The second-order valence-corrected chi connectivity index (χ2v) is 7.03. The summed E-state index contributed by atoms with van der Waals surface area (Å²) < 4.78 is 12.6. The van der Waals surface area contributed by atoms with Crippen LogP contribution in [-0.2, 0) is 9.59 Å². The zero-order valence-electron chi connectivity index (χ0n) is 15.9. The van der Waals surface area contributed by atoms with Crippen LogP contribution in [0.4, 0.5) is 11.4 Å². The van der Waals surface area contributed by atoms with Crippen LogP contribution in [0.25, 0.3) is 5.69 Å². The summed E-state index contributed by atoms with van der Waals surface area (Å²) in [5.74, 6) is 0.501. The molecule has 1 N–H and O–H groups in total. The molecule has 0 spiro atoms. The predicted molar refractivity (Wildman–Crippen MR) is 106 cm³/mol. The number of nitrogens with one attached hydrogen (secondary N) is 1. The van der Waals surface area contributed by atoms with Crippen LogP contribution in [-0.4, -0.2) is 51.8 Å². The molecule has 5 rings (SSSR count). The molecule has 1 saturated heterocycles. The van der Waals surface area contributed by atoms with E-state index in [2.05, 4.69) is 20.8 Å². The minimum absolute atomic E-state index is 0.103. The van der Waals surface area contributed by atoms with Gasteiger partial charge in [-0.2, -0.15) is 0 Å². The molecule has 0 saturated carbocycles. The maximum absolute atomic E-state index is 12.8. The average molecular weight is 406 g/mol. The number of hydrogen-bond donors (Lipinski definition) is 1. The molecule has 2 aromatic carbocycles. The third-order valence-corrected chi connectivity index (χ3v) is 5.06. The van der Waals surface area contributed by atoms with E-state index in [1.807, 2.05) is 6.07 Å². The summed E-state index contributed by atoms with van der Waals surface area (Å²) in [6, 6.07) is 12.5. The Labute approximate surface area is 171 Å². The zero-order valence-corrected chi connectivity index (χ0v) is 15.9. The molecular weight excluding hydrogens is 388 g/mol. The first-order valence-corrected chi connectivity index (χ1v) is 9.52. The van der Waals surface area contributed by atoms with Crippen LogP contribution in [0, 0.1) is 5.92 Å². The maximum Gasteiger partial charge on any atom is 0.229 e. The summed E-state index contributed by atoms with van der Waals surface area (Å²) in [4.78, 5) is 27.0. The molecule has 2 aliphatic rings. The molecule has 3 heterocycles. The van der Waals surface area contributed by atoms with Crippen molar-refractivity contribution in [2.24, 2.45) is 5.92 Å². The monoisotopic (exact) mass is 406 g/mol. The Morgan fingerprint density at radius 3 is 2.77 bits per heavy atom. The van der Waals surface area contributed by atoms with Gasteiger partial charge in [0.05, 0.1) is 11.6 Å². The Morgan fingerprint density at radius 2 is 1.93 bits per heavy atom. The fraction of sp³-hybridized carbons (Fsp3) is 0.250. The number of nitrogens with zero attached hydrogens (tertiary/aromatic N) is 5. The molecular formula is C20H18N6O4. The number of ether oxygens (including phenoxy) is 2. The van der Waals surface area contributed by atoms with E-state index in [1.165, 1.54) is 11.0 Å². The number of benzene rings is 2. The van der Waals surface area contributed by atoms with Crippen LogP contribution < -0.4 is 19.7 Å². The van der Waals surface area contributed by atoms with Gasteiger partial charge >= 0.3 is 0 Å². The van der Waals surface area contributed by atoms with Crippen LogP contribution in [0.15, 0.2) is 48.8 Å². The number of carbonyl (C=O) groups is 2. The molecule has 2 aliphatic heterocycles. The lowest BCUT2D eigenvalue weighted by molar-refractivity contribution is -0.122. The molecule has 1 atom stereocenters. The van der Waals surface area contributed by atoms with Gasteiger partial charge in [0.1, 0.15) is 19.5 Å². The lowest BCUT2D eigenvalue weighted by Crippen LogP contribution is -2.28. The number of tetrazole rings is 1. The predicted octanol–water partition coefficient (Wildman–Crippen LogP) is 1.43. The number of amides is 2. The van der Waals surface area contributed by atoms with Crippen molar-refractivity contribution in [2.45, 2.75) is 6.42 Å². The largest absolute Gasteiger partial charge is 0.486 e. The van der Waals surface area contributed by atoms with Crippen molar-refractivity contribution in [1.29, 1.82) is 0 Å². The summed E-state index contributed by atoms with van der Waals surface area (Å²) in [5.41, 5.74) is 2.02. The van der Waals surface area contributed by atoms with E-state index < -0.39 is 5.92 Å². The Bertz CT molecular complexity index is 1100. The van der Waals surface area contributed by atoms with Crippen LogP contribution in [0.2, 0.25) is 0 Å². The zero-order chi connectivity index (χ0) is 20.5. The van der Waals surface area contributed by atoms with Crippen LogP contribution in [0.3, 0.4) is 0 Å². The van der Waals surface area contributed by atoms with Crippen molar-refractivity contribution < 1.29 is 19.1 Å². The van der Waals surface area contributed by atoms with Gasteiger partial charge in [-0.15, -0.1) is 5.10 Å². The van der Waals surface area contributed by atoms with Crippen molar-refractivity contribution in [2.75, 3.05) is 30.0 Å². The topological polar surface area (TPSA) is 111 Å². The summed E-state index contributed by atoms with van der Waals surface area (Å²) in [7, 11) is 0. The molecule has 0 aliphatic carbocycles. The number of fused-ring (bicyclic) bond motifs is 1. The summed E-state index contributed by atoms with van der Waals surface area (Å²) in [6.45, 7) is 1.28. The number of rotatable bonds is 4. The van der Waals surface area contributed by atoms with Gasteiger partial charge in [-0.25, -0.2) is 4.68 Å². The highest BCUT2D eigenvalue weighted by Crippen LogP contribution is 2.36. The van der Waals surface area contributed by atoms with Gasteiger partial charge in [-0.05, 0) is 40.8 Å². The molecule has 1 fully saturated rings. The highest BCUT2D eigenvalue weighted by molar-refractivity contribution is 6.03. The first-order chi connectivity index (χ1) is 14.7. The van der Waals surface area contributed by atoms with Gasteiger partial charge in [-0.1, -0.05) is 6.07 Å². The van der Waals surface area contributed by atoms with Crippen molar-refractivity contribution >= 4 is 23.2 Å². The number of carbonyl (C=O) groups excluding carboxylic acids is 2. The fourth-order valence-corrected chi connectivity index (χ4v) is 3.58. The summed E-state index contributed by atoms with van der Waals surface area (Å²) in [6.07, 6.45) is 1.62. The van der Waals surface area contributed by atoms with Crippen molar-refractivity contribution in [3.63, 3.8) is 0 Å². The molecule has 0 unspecified atom stereocenters. The molecule has 1 aromatic heterocycles. The quantitative estimate of drug-likeness (QED) is 0.697. The lowest BCUT2D eigenvalue weighted by Gasteiger charge is -2.22. The molecule has 3 aromatic rings. The van der Waals surface area contributed by atoms with Gasteiger partial charge in [0.25, 0.3) is 0 Å². The van der Waals surface area contributed by atoms with Crippen molar-refractivity contribution in [3.8, 4) is 17.2 Å². The van der Waals surface area contributed by atoms with E-state index in [0.29, 0.717) is 42.6 Å². The highest BCUT2D eigenvalue weighted by atomic mass is 16.6. The second kappa shape index (κ2) is 7.47. The normalized spacial score (nSPS) is 17.8. The number of aromatic nitrogens is 4. The minimum Gasteiger partial charge on any atom is -0.486 e. The summed E-state index contributed by atoms with van der Waals surface area (Å²) >= 11 is 0. The van der Waals surface area contributed by atoms with E-state index in [0.717, 1.165) is 5.69 Å². The first kappa shape index (κ1) is 18.1. The molecule has 2 amide bonds. The van der Waals surface area contributed by atoms with Crippen molar-refractivity contribution in [3.05, 3.63) is 48.8 Å². The van der Waals surface area contributed by atoms with Crippen molar-refractivity contribution in [1.82, 2.24) is 20.2 Å². The fourth-order valence-electron chi connectivity index (χ4n) is 3.58. The van der Waals surface area contributed by atoms with Gasteiger partial charge in [0.2, 0.25) is 11.8 Å². The Hall–Kier alpha value is -3.95. The standard InChI is InChI=1S/C20H18N6O4/c27-19-8-13(11-25(19)15-4-5-17-18(10-15)30-7-6-29-17)20(28)22-14-2-1-3-16(9-14)26-12-21-23-24-26/h1-5,9-10,12-13H,6-8,11H2,(H,22,28)/t13-/m1/s1. The van der Waals surface area contributed by atoms with Gasteiger partial charge in [0.15, 0.2) is 11.5 Å². The number of anilines is 2. The van der Waals surface area contributed by atoms with Crippen LogP contribution in [0.1, 0.15) is 6.42 Å². The summed E-state index contributed by atoms with van der Waals surface area (Å²) in [5, 5.41) is 13.9. The van der Waals surface area contributed by atoms with E-state index >= 15 is 0 Å². The Morgan fingerprint density at radius 1 is 1.07 bits per heavy atom. The van der Waals surface area contributed by atoms with E-state index in [-0.39, 0.29) is 18.2 Å². The molecule has 30 heavy (non-hydrogen) atoms. The van der Waals surface area contributed by atoms with Gasteiger partial charge in [-0.3, -0.25) is 9.59 Å². The molecule has 10 nitrogen and oxygen atoms in total. The highest BCUT2D eigenvalue weighted by Gasteiger charge is 2.35. The molecule has 0 radical (unpaired) electrons. The SMILES string of the molecule is O=C(Nc1cccc(-n2cnnn2)c1)[C@@H]1CC(=O)N(c2ccc3c(c2)OCCO3)C1. The van der Waals surface area contributed by atoms with Gasteiger partial charge < -0.3 is 19.7 Å². The third kappa shape index (κ3) is 3.43. The first-order valence-electron chi connectivity index (χ1n) is 9.52. The van der Waals surface area contributed by atoms with E-state index in [9.17, 15) is 9.59 Å². The maximum atomic E-state index is 12.8. The third-order valence-electron chi connectivity index (χ3n) is 5.06. The van der Waals surface area contributed by atoms with Crippen LogP contribution >= 0.6 is 0 Å². The average Bonchev–Trinajstić information content (AvgIpc) is 3.44. The Balaban J connectivity index is 1.29. The number of hydrogen-bond acceptors (Lipinski definition) is 7. The lowest BCUT2D eigenvalue weighted by atomic mass is 10.1. The minimum atomic E-state index is -0.456. The molecule has 10 heteroatoms. The van der Waals surface area contributed by atoms with E-state index in [1.54, 1.807) is 41.3 Å². The molecule has 152 valence electrons. The molecule has 0 bridgehead atoms. The van der Waals surface area contributed by atoms with Gasteiger partial charge in [0, 0.05) is 30.4 Å². The second-order valence-electron chi connectivity index (χ2n) is 7.03. The smallest absolute Gasteiger partial charge is 0.229 e. The van der Waals surface area contributed by atoms with Crippen LogP contribution in [0.5, 0.6) is 11.5 Å².